The number of hydrogen-bond acceptors (Lipinski definition) is 8. The van der Waals surface area contributed by atoms with Crippen LogP contribution in [0.5, 0.6) is 11.5 Å². The molecule has 0 amide bonds. The first-order valence-electron chi connectivity index (χ1n) is 4.75. The van der Waals surface area contributed by atoms with E-state index in [2.05, 4.69) is 0 Å². The van der Waals surface area contributed by atoms with Gasteiger partial charge in [0.1, 0.15) is 11.5 Å². The Morgan fingerprint density at radius 1 is 1.11 bits per heavy atom. The van der Waals surface area contributed by atoms with Crippen molar-refractivity contribution in [3.8, 4) is 11.5 Å². The summed E-state index contributed by atoms with van der Waals surface area (Å²) in [7, 11) is 2.64. The van der Waals surface area contributed by atoms with Gasteiger partial charge in [0.05, 0.1) is 26.1 Å². The molecule has 0 saturated heterocycles. The number of hydrogen-bond donors (Lipinski definition) is 2. The fraction of sp³-hybridized carbons (Fsp3) is 0.200. The van der Waals surface area contributed by atoms with E-state index in [0.717, 1.165) is 12.3 Å². The SMILES string of the molecule is COc1ccc(OC)c(N([O-])[O-])c1C=CN(O)O. The normalized spacial score (nSPS) is 10.6. The summed E-state index contributed by atoms with van der Waals surface area (Å²) in [6, 6.07) is 2.87. The molecule has 0 bridgehead atoms. The highest BCUT2D eigenvalue weighted by atomic mass is 16.8. The Balaban J connectivity index is 3.40. The summed E-state index contributed by atoms with van der Waals surface area (Å²) >= 11 is 0. The molecule has 0 spiro atoms. The molecule has 0 aliphatic rings. The van der Waals surface area contributed by atoms with Gasteiger partial charge in [-0.05, 0) is 18.2 Å². The van der Waals surface area contributed by atoms with Gasteiger partial charge in [-0.3, -0.25) is 10.4 Å². The van der Waals surface area contributed by atoms with Crippen LogP contribution in [0, 0.1) is 10.4 Å². The van der Waals surface area contributed by atoms with Crippen LogP contribution in [0.2, 0.25) is 0 Å². The van der Waals surface area contributed by atoms with Gasteiger partial charge in [-0.25, -0.2) is 0 Å². The molecule has 0 unspecified atom stereocenters. The van der Waals surface area contributed by atoms with Crippen molar-refractivity contribution in [2.24, 2.45) is 0 Å². The Morgan fingerprint density at radius 3 is 2.11 bits per heavy atom. The minimum absolute atomic E-state index is 0.0443. The number of anilines is 1. The van der Waals surface area contributed by atoms with E-state index in [-0.39, 0.29) is 28.0 Å². The van der Waals surface area contributed by atoms with Crippen molar-refractivity contribution in [3.63, 3.8) is 0 Å². The van der Waals surface area contributed by atoms with Gasteiger partial charge >= 0.3 is 0 Å². The van der Waals surface area contributed by atoms with Crippen molar-refractivity contribution < 1.29 is 19.9 Å². The zero-order valence-corrected chi connectivity index (χ0v) is 9.73. The maximum Gasteiger partial charge on any atom is 0.141 e. The molecule has 18 heavy (non-hydrogen) atoms. The summed E-state index contributed by atoms with van der Waals surface area (Å²) in [5.41, 5.74) is -0.259. The molecule has 0 aliphatic carbocycles. The monoisotopic (exact) mass is 256 g/mol. The van der Waals surface area contributed by atoms with Gasteiger partial charge in [-0.1, -0.05) is 0 Å². The third-order valence-electron chi connectivity index (χ3n) is 2.14. The number of nitrogens with zero attached hydrogens (tertiary/aromatic N) is 2. The Labute approximate surface area is 103 Å². The lowest BCUT2D eigenvalue weighted by Gasteiger charge is -2.39. The highest BCUT2D eigenvalue weighted by Gasteiger charge is 2.11. The average Bonchev–Trinajstić information content (AvgIpc) is 2.34. The van der Waals surface area contributed by atoms with Crippen LogP contribution < -0.4 is 14.7 Å². The maximum atomic E-state index is 11.0. The minimum atomic E-state index is -0.639. The molecule has 1 rings (SSSR count). The van der Waals surface area contributed by atoms with Gasteiger partial charge in [0.2, 0.25) is 0 Å². The third-order valence-corrected chi connectivity index (χ3v) is 2.14. The summed E-state index contributed by atoms with van der Waals surface area (Å²) in [6.45, 7) is 0. The molecular weight excluding hydrogens is 244 g/mol. The second-order valence-electron chi connectivity index (χ2n) is 3.13. The molecule has 0 heterocycles. The van der Waals surface area contributed by atoms with Crippen LogP contribution in [0.25, 0.3) is 6.08 Å². The Kier molecular flexibility index (Phi) is 4.75. The molecule has 1 aromatic carbocycles. The average molecular weight is 256 g/mol. The predicted molar refractivity (Wildman–Crippen MR) is 63.2 cm³/mol. The quantitative estimate of drug-likeness (QED) is 0.763. The smallest absolute Gasteiger partial charge is 0.141 e. The molecule has 0 fully saturated rings. The molecule has 100 valence electrons. The second kappa shape index (κ2) is 6.07. The van der Waals surface area contributed by atoms with Gasteiger partial charge in [0.25, 0.3) is 0 Å². The van der Waals surface area contributed by atoms with E-state index in [4.69, 9.17) is 19.9 Å². The molecule has 0 saturated carbocycles. The van der Waals surface area contributed by atoms with Crippen LogP contribution in [0.3, 0.4) is 0 Å². The molecule has 0 atom stereocenters. The Bertz CT molecular complexity index is 433. The second-order valence-corrected chi connectivity index (χ2v) is 3.13. The lowest BCUT2D eigenvalue weighted by molar-refractivity contribution is -0.266. The Morgan fingerprint density at radius 2 is 1.67 bits per heavy atom. The number of hydroxylamine groups is 2. The van der Waals surface area contributed by atoms with Crippen LogP contribution in [-0.2, 0) is 0 Å². The van der Waals surface area contributed by atoms with E-state index >= 15 is 0 Å². The summed E-state index contributed by atoms with van der Waals surface area (Å²) < 4.78 is 9.86. The first-order chi connectivity index (χ1) is 8.51. The van der Waals surface area contributed by atoms with E-state index in [1.807, 2.05) is 0 Å². The van der Waals surface area contributed by atoms with Crippen LogP contribution >= 0.6 is 0 Å². The number of rotatable bonds is 5. The van der Waals surface area contributed by atoms with Crippen LogP contribution in [0.15, 0.2) is 18.3 Å². The molecule has 1 aromatic rings. The van der Waals surface area contributed by atoms with Crippen molar-refractivity contribution in [1.29, 1.82) is 0 Å². The Hall–Kier alpha value is -2.00. The third kappa shape index (κ3) is 3.02. The topological polar surface area (TPSA) is 112 Å². The van der Waals surface area contributed by atoms with E-state index in [1.165, 1.54) is 26.4 Å². The molecule has 0 aromatic heterocycles. The van der Waals surface area contributed by atoms with E-state index in [0.29, 0.717) is 0 Å². The van der Waals surface area contributed by atoms with Gasteiger partial charge < -0.3 is 25.1 Å². The van der Waals surface area contributed by atoms with Crippen molar-refractivity contribution in [3.05, 3.63) is 34.3 Å². The van der Waals surface area contributed by atoms with Crippen LogP contribution in [0.1, 0.15) is 5.56 Å². The van der Waals surface area contributed by atoms with Gasteiger partial charge in [-0.15, -0.1) is 5.23 Å². The predicted octanol–water partition coefficient (Wildman–Crippen LogP) is 1.56. The highest BCUT2D eigenvalue weighted by molar-refractivity contribution is 5.78. The summed E-state index contributed by atoms with van der Waals surface area (Å²) in [6.07, 6.45) is 1.95. The minimum Gasteiger partial charge on any atom is -0.769 e. The van der Waals surface area contributed by atoms with Gasteiger partial charge in [0, 0.05) is 5.56 Å². The largest absolute Gasteiger partial charge is 0.769 e. The molecule has 8 heteroatoms. The van der Waals surface area contributed by atoms with Crippen LogP contribution in [0.4, 0.5) is 5.69 Å². The maximum absolute atomic E-state index is 11.0. The molecule has 8 nitrogen and oxygen atoms in total. The van der Waals surface area contributed by atoms with Crippen LogP contribution in [-0.4, -0.2) is 29.9 Å². The lowest BCUT2D eigenvalue weighted by Crippen LogP contribution is -2.09. The first-order valence-corrected chi connectivity index (χ1v) is 4.75. The van der Waals surface area contributed by atoms with E-state index < -0.39 is 5.23 Å². The fourth-order valence-electron chi connectivity index (χ4n) is 1.40. The summed E-state index contributed by atoms with van der Waals surface area (Å²) in [5.74, 6) is 0.253. The highest BCUT2D eigenvalue weighted by Crippen LogP contribution is 2.38. The number of benzene rings is 1. The summed E-state index contributed by atoms with van der Waals surface area (Å²) in [5, 5.41) is 38.4. The standard InChI is InChI=1S/C10H12N2O6/c1-17-8-3-4-9(18-2)10(12(15)16)7(8)5-6-11(13)14/h3-6,13-14H,1-2H3/q-2. The van der Waals surface area contributed by atoms with Gasteiger partial charge in [0.15, 0.2) is 0 Å². The summed E-state index contributed by atoms with van der Waals surface area (Å²) in [4.78, 5) is 0. The molecular formula is C10H12N2O6-2. The van der Waals surface area contributed by atoms with Crippen molar-refractivity contribution in [2.75, 3.05) is 19.4 Å². The first kappa shape index (κ1) is 14.1. The van der Waals surface area contributed by atoms with Crippen molar-refractivity contribution >= 4 is 11.8 Å². The zero-order valence-electron chi connectivity index (χ0n) is 9.73. The van der Waals surface area contributed by atoms with Crippen molar-refractivity contribution in [1.82, 2.24) is 5.23 Å². The van der Waals surface area contributed by atoms with Gasteiger partial charge in [-0.2, -0.15) is 0 Å². The molecule has 0 radical (unpaired) electrons. The number of methoxy groups -OCH3 is 2. The van der Waals surface area contributed by atoms with E-state index in [1.54, 1.807) is 0 Å². The van der Waals surface area contributed by atoms with Crippen molar-refractivity contribution in [2.45, 2.75) is 0 Å². The number of ether oxygens (including phenoxy) is 2. The molecule has 0 aliphatic heterocycles. The fourth-order valence-corrected chi connectivity index (χ4v) is 1.40. The zero-order chi connectivity index (χ0) is 13.7. The molecule has 2 N–H and O–H groups in total. The lowest BCUT2D eigenvalue weighted by atomic mass is 10.1. The van der Waals surface area contributed by atoms with E-state index in [9.17, 15) is 10.4 Å².